The van der Waals surface area contributed by atoms with Gasteiger partial charge in [0.1, 0.15) is 0 Å². The summed E-state index contributed by atoms with van der Waals surface area (Å²) in [5.41, 5.74) is 8.41. The Morgan fingerprint density at radius 2 is 1.75 bits per heavy atom. The van der Waals surface area contributed by atoms with Crippen LogP contribution in [0.5, 0.6) is 0 Å². The fourth-order valence-corrected chi connectivity index (χ4v) is 5.45. The monoisotopic (exact) mass is 529 g/mol. The van der Waals surface area contributed by atoms with Crippen molar-refractivity contribution in [2.24, 2.45) is 20.2 Å². The van der Waals surface area contributed by atoms with Gasteiger partial charge in [0.05, 0.1) is 12.3 Å². The summed E-state index contributed by atoms with van der Waals surface area (Å²) in [5.74, 6) is -1.14. The molecule has 2 aliphatic heterocycles. The first kappa shape index (κ1) is 25.8. The molecule has 1 amide bonds. The minimum atomic E-state index is -4.05. The first-order chi connectivity index (χ1) is 17.2. The van der Waals surface area contributed by atoms with Crippen molar-refractivity contribution in [1.29, 1.82) is 0 Å². The molecular weight excluding hydrogens is 502 g/mol. The Kier molecular flexibility index (Phi) is 8.02. The molecule has 1 atom stereocenters. The van der Waals surface area contributed by atoms with Crippen molar-refractivity contribution >= 4 is 45.3 Å². The van der Waals surface area contributed by atoms with E-state index in [2.05, 4.69) is 14.7 Å². The quantitative estimate of drug-likeness (QED) is 0.464. The van der Waals surface area contributed by atoms with Gasteiger partial charge in [-0.3, -0.25) is 10.1 Å². The number of benzene rings is 2. The molecule has 1 saturated heterocycles. The van der Waals surface area contributed by atoms with E-state index in [1.807, 2.05) is 42.5 Å². The van der Waals surface area contributed by atoms with Crippen molar-refractivity contribution in [3.63, 3.8) is 0 Å². The Bertz CT molecular complexity index is 1290. The molecule has 2 aliphatic rings. The highest BCUT2D eigenvalue weighted by molar-refractivity contribution is 7.87. The number of aliphatic imine (C=N–C) groups is 1. The van der Waals surface area contributed by atoms with Crippen LogP contribution in [-0.4, -0.2) is 60.9 Å². The second-order valence-electron chi connectivity index (χ2n) is 8.54. The molecule has 2 heterocycles. The number of hydrogen-bond donors (Lipinski definition) is 2. The van der Waals surface area contributed by atoms with Gasteiger partial charge in [0.2, 0.25) is 11.9 Å². The van der Waals surface area contributed by atoms with Crippen LogP contribution in [0.15, 0.2) is 69.1 Å². The van der Waals surface area contributed by atoms with Crippen LogP contribution in [0.2, 0.25) is 5.02 Å². The third kappa shape index (κ3) is 6.28. The topological polar surface area (TPSA) is 133 Å². The predicted molar refractivity (Wildman–Crippen MR) is 141 cm³/mol. The number of nitrogens with two attached hydrogens (primary N) is 1. The molecule has 0 aromatic heterocycles. The number of rotatable bonds is 4. The molecule has 2 aromatic rings. The molecule has 36 heavy (non-hydrogen) atoms. The summed E-state index contributed by atoms with van der Waals surface area (Å²) in [6.45, 7) is 2.32. The molecule has 10 nitrogen and oxygen atoms in total. The molecule has 4 rings (SSSR count). The number of halogens is 1. The maximum atomic E-state index is 13.1. The zero-order valence-corrected chi connectivity index (χ0v) is 21.4. The third-order valence-corrected chi connectivity index (χ3v) is 7.51. The molecule has 3 N–H and O–H groups in total. The lowest BCUT2D eigenvalue weighted by Crippen LogP contribution is -2.39. The predicted octanol–water partition coefficient (Wildman–Crippen LogP) is 2.68. The number of guanidine groups is 2. The van der Waals surface area contributed by atoms with E-state index in [9.17, 15) is 13.2 Å². The normalized spacial score (nSPS) is 19.8. The van der Waals surface area contributed by atoms with E-state index in [1.165, 1.54) is 16.2 Å². The minimum Gasteiger partial charge on any atom is -0.369 e. The second-order valence-corrected chi connectivity index (χ2v) is 10.6. The number of hydrogen-bond acceptors (Lipinski definition) is 4. The zero-order chi connectivity index (χ0) is 25.7. The first-order valence-electron chi connectivity index (χ1n) is 11.6. The van der Waals surface area contributed by atoms with Crippen LogP contribution in [0, 0.1) is 0 Å². The molecule has 0 aliphatic carbocycles. The van der Waals surface area contributed by atoms with Gasteiger partial charge in [0.25, 0.3) is 5.96 Å². The average molecular weight is 530 g/mol. The van der Waals surface area contributed by atoms with E-state index >= 15 is 0 Å². The van der Waals surface area contributed by atoms with E-state index in [0.717, 1.165) is 30.4 Å². The van der Waals surface area contributed by atoms with Crippen molar-refractivity contribution in [2.45, 2.75) is 32.1 Å². The van der Waals surface area contributed by atoms with Gasteiger partial charge in [0.15, 0.2) is 0 Å². The molecule has 0 radical (unpaired) electrons. The molecule has 0 saturated carbocycles. The van der Waals surface area contributed by atoms with E-state index in [0.29, 0.717) is 23.8 Å². The summed E-state index contributed by atoms with van der Waals surface area (Å²) in [5, 5.41) is 9.09. The zero-order valence-electron chi connectivity index (χ0n) is 19.8. The van der Waals surface area contributed by atoms with Gasteiger partial charge in [-0.1, -0.05) is 60.5 Å². The summed E-state index contributed by atoms with van der Waals surface area (Å²) < 4.78 is 31.7. The second kappa shape index (κ2) is 11.2. The highest BCUT2D eigenvalue weighted by Gasteiger charge is 2.33. The third-order valence-electron chi connectivity index (χ3n) is 5.85. The van der Waals surface area contributed by atoms with Crippen LogP contribution in [-0.2, 0) is 15.0 Å². The lowest BCUT2D eigenvalue weighted by Gasteiger charge is -2.24. The number of nitrogens with zero attached hydrogens (tertiary/aromatic N) is 5. The van der Waals surface area contributed by atoms with Gasteiger partial charge in [-0.2, -0.15) is 22.8 Å². The summed E-state index contributed by atoms with van der Waals surface area (Å²) in [4.78, 5) is 15.7. The number of nitrogens with one attached hydrogen (secondary N) is 1. The van der Waals surface area contributed by atoms with Crippen LogP contribution in [0.25, 0.3) is 0 Å². The van der Waals surface area contributed by atoms with Crippen molar-refractivity contribution in [3.05, 3.63) is 70.7 Å². The average Bonchev–Trinajstić information content (AvgIpc) is 3.30. The summed E-state index contributed by atoms with van der Waals surface area (Å²) in [7, 11) is -4.05. The van der Waals surface area contributed by atoms with Crippen LogP contribution in [0.1, 0.15) is 43.2 Å². The SMILES string of the molecule is CC(=O)N/C(N)=N/C(=N/S(=O)(=O)N1CCCCC1)N1CC(c2ccccc2)C(c2ccc(Cl)cc2)=N1. The number of hydrazone groups is 1. The Balaban J connectivity index is 1.78. The molecule has 190 valence electrons. The fraction of sp³-hybridized carbons (Fsp3) is 0.333. The van der Waals surface area contributed by atoms with Crippen LogP contribution in [0.3, 0.4) is 0 Å². The highest BCUT2D eigenvalue weighted by Crippen LogP contribution is 2.30. The van der Waals surface area contributed by atoms with Crippen molar-refractivity contribution in [1.82, 2.24) is 14.6 Å². The van der Waals surface area contributed by atoms with Crippen LogP contribution in [0.4, 0.5) is 0 Å². The molecular formula is C24H28ClN7O3S. The Morgan fingerprint density at radius 1 is 1.08 bits per heavy atom. The maximum absolute atomic E-state index is 13.1. The van der Waals surface area contributed by atoms with Crippen molar-refractivity contribution in [2.75, 3.05) is 19.6 Å². The Morgan fingerprint density at radius 3 is 2.39 bits per heavy atom. The lowest BCUT2D eigenvalue weighted by molar-refractivity contribution is -0.117. The largest absolute Gasteiger partial charge is 0.369 e. The smallest absolute Gasteiger partial charge is 0.325 e. The van der Waals surface area contributed by atoms with Crippen molar-refractivity contribution in [3.8, 4) is 0 Å². The Labute approximate surface area is 215 Å². The van der Waals surface area contributed by atoms with Gasteiger partial charge >= 0.3 is 10.2 Å². The van der Waals surface area contributed by atoms with Gasteiger partial charge in [-0.25, -0.2) is 5.01 Å². The van der Waals surface area contributed by atoms with Gasteiger partial charge in [-0.15, -0.1) is 4.40 Å². The summed E-state index contributed by atoms with van der Waals surface area (Å²) >= 11 is 6.09. The molecule has 1 unspecified atom stereocenters. The minimum absolute atomic E-state index is 0.201. The van der Waals surface area contributed by atoms with Crippen LogP contribution < -0.4 is 11.1 Å². The molecule has 0 bridgehead atoms. The summed E-state index contributed by atoms with van der Waals surface area (Å²) in [6, 6.07) is 17.0. The van der Waals surface area contributed by atoms with Crippen molar-refractivity contribution < 1.29 is 13.2 Å². The van der Waals surface area contributed by atoms with Gasteiger partial charge in [-0.05, 0) is 36.1 Å². The summed E-state index contributed by atoms with van der Waals surface area (Å²) in [6.07, 6.45) is 2.50. The molecule has 2 aromatic carbocycles. The highest BCUT2D eigenvalue weighted by atomic mass is 35.5. The van der Waals surface area contributed by atoms with Gasteiger partial charge in [0, 0.05) is 31.0 Å². The van der Waals surface area contributed by atoms with E-state index in [4.69, 9.17) is 22.4 Å². The lowest BCUT2D eigenvalue weighted by atomic mass is 9.91. The van der Waals surface area contributed by atoms with E-state index in [1.54, 1.807) is 12.1 Å². The number of carbonyl (C=O) groups is 1. The molecule has 12 heteroatoms. The maximum Gasteiger partial charge on any atom is 0.325 e. The molecule has 0 spiro atoms. The number of piperidine rings is 1. The van der Waals surface area contributed by atoms with Gasteiger partial charge < -0.3 is 5.73 Å². The Hall–Kier alpha value is -3.28. The molecule has 1 fully saturated rings. The number of amides is 1. The number of carbonyl (C=O) groups excluding carboxylic acids is 1. The standard InChI is InChI=1S/C24H28ClN7O3S/c1-17(33)27-23(26)28-24(30-36(34,35)31-14-6-3-7-15-31)32-16-21(18-8-4-2-5-9-18)22(29-32)19-10-12-20(25)13-11-19/h2,4-5,8-13,21H,3,6-7,14-16H2,1H3,(H3,26,27,28,30,33). The van der Waals surface area contributed by atoms with E-state index < -0.39 is 16.1 Å². The van der Waals surface area contributed by atoms with Crippen LogP contribution >= 0.6 is 11.6 Å². The first-order valence-corrected chi connectivity index (χ1v) is 13.4. The van der Waals surface area contributed by atoms with E-state index in [-0.39, 0.29) is 24.4 Å². The fourth-order valence-electron chi connectivity index (χ4n) is 4.15.